The van der Waals surface area contributed by atoms with Gasteiger partial charge in [0.1, 0.15) is 5.75 Å². The predicted molar refractivity (Wildman–Crippen MR) is 68.0 cm³/mol. The fraction of sp³-hybridized carbons (Fsp3) is 0.538. The molecule has 0 aliphatic carbocycles. The summed E-state index contributed by atoms with van der Waals surface area (Å²) in [4.78, 5) is 0. The topological polar surface area (TPSA) is 47.3 Å². The van der Waals surface area contributed by atoms with Crippen molar-refractivity contribution in [2.45, 2.75) is 19.8 Å². The van der Waals surface area contributed by atoms with Crippen molar-refractivity contribution in [1.29, 1.82) is 0 Å². The lowest BCUT2D eigenvalue weighted by atomic mass is 10.1. The van der Waals surface area contributed by atoms with Gasteiger partial charge < -0.3 is 15.8 Å². The third kappa shape index (κ3) is 3.83. The molecule has 0 saturated heterocycles. The summed E-state index contributed by atoms with van der Waals surface area (Å²) in [5.41, 5.74) is 8.05. The van der Waals surface area contributed by atoms with E-state index >= 15 is 0 Å². The highest BCUT2D eigenvalue weighted by Gasteiger charge is 2.03. The van der Waals surface area contributed by atoms with Crippen LogP contribution in [-0.2, 0) is 12.8 Å². The summed E-state index contributed by atoms with van der Waals surface area (Å²) in [5.74, 6) is 0.978. The van der Waals surface area contributed by atoms with Gasteiger partial charge in [-0.1, -0.05) is 19.1 Å². The van der Waals surface area contributed by atoms with E-state index in [2.05, 4.69) is 30.4 Å². The van der Waals surface area contributed by atoms with E-state index in [0.717, 1.165) is 31.7 Å². The van der Waals surface area contributed by atoms with E-state index < -0.39 is 0 Å². The lowest BCUT2D eigenvalue weighted by molar-refractivity contribution is 0.409. The molecule has 90 valence electrons. The molecule has 0 unspecified atom stereocenters. The largest absolute Gasteiger partial charge is 0.496 e. The van der Waals surface area contributed by atoms with Gasteiger partial charge in [-0.2, -0.15) is 0 Å². The van der Waals surface area contributed by atoms with Crippen LogP contribution in [0.2, 0.25) is 0 Å². The summed E-state index contributed by atoms with van der Waals surface area (Å²) in [5, 5.41) is 3.29. The first-order valence-corrected chi connectivity index (χ1v) is 5.88. The van der Waals surface area contributed by atoms with Crippen LogP contribution in [0.1, 0.15) is 18.1 Å². The minimum Gasteiger partial charge on any atom is -0.496 e. The van der Waals surface area contributed by atoms with E-state index in [1.807, 2.05) is 0 Å². The van der Waals surface area contributed by atoms with Gasteiger partial charge in [-0.05, 0) is 36.6 Å². The number of nitrogens with two attached hydrogens (primary N) is 1. The molecule has 16 heavy (non-hydrogen) atoms. The van der Waals surface area contributed by atoms with E-state index in [0.29, 0.717) is 6.54 Å². The molecule has 0 bridgehead atoms. The van der Waals surface area contributed by atoms with Gasteiger partial charge >= 0.3 is 0 Å². The molecule has 1 aromatic rings. The highest BCUT2D eigenvalue weighted by atomic mass is 16.5. The SMILES string of the molecule is CCc1ccc(OC)c(CCNCCN)c1. The second kappa shape index (κ2) is 7.25. The van der Waals surface area contributed by atoms with Crippen LogP contribution in [0.25, 0.3) is 0 Å². The maximum Gasteiger partial charge on any atom is 0.122 e. The predicted octanol–water partition coefficient (Wildman–Crippen LogP) is 1.35. The Bertz CT molecular complexity index is 313. The van der Waals surface area contributed by atoms with Crippen molar-refractivity contribution in [2.24, 2.45) is 5.73 Å². The first-order chi connectivity index (χ1) is 7.81. The fourth-order valence-corrected chi connectivity index (χ4v) is 1.70. The molecule has 0 aliphatic rings. The van der Waals surface area contributed by atoms with Crippen LogP contribution in [0, 0.1) is 0 Å². The summed E-state index contributed by atoms with van der Waals surface area (Å²) < 4.78 is 5.35. The molecule has 3 nitrogen and oxygen atoms in total. The molecule has 0 aliphatic heterocycles. The van der Waals surface area contributed by atoms with Crippen LogP contribution in [0.15, 0.2) is 18.2 Å². The number of hydrogen-bond donors (Lipinski definition) is 2. The zero-order chi connectivity index (χ0) is 11.8. The van der Waals surface area contributed by atoms with E-state index in [1.54, 1.807) is 7.11 Å². The third-order valence-corrected chi connectivity index (χ3v) is 2.65. The van der Waals surface area contributed by atoms with Crippen LogP contribution < -0.4 is 15.8 Å². The Morgan fingerprint density at radius 2 is 2.12 bits per heavy atom. The standard InChI is InChI=1S/C13H22N2O/c1-3-11-4-5-13(16-2)12(10-11)6-8-15-9-7-14/h4-5,10,15H,3,6-9,14H2,1-2H3. The van der Waals surface area contributed by atoms with Gasteiger partial charge in [-0.3, -0.25) is 0 Å². The average molecular weight is 222 g/mol. The number of nitrogens with one attached hydrogen (secondary N) is 1. The maximum atomic E-state index is 5.42. The van der Waals surface area contributed by atoms with Crippen molar-refractivity contribution in [3.63, 3.8) is 0 Å². The van der Waals surface area contributed by atoms with Crippen molar-refractivity contribution in [3.05, 3.63) is 29.3 Å². The molecule has 1 rings (SSSR count). The van der Waals surface area contributed by atoms with Gasteiger partial charge in [0.2, 0.25) is 0 Å². The molecular weight excluding hydrogens is 200 g/mol. The van der Waals surface area contributed by atoms with Crippen molar-refractivity contribution >= 4 is 0 Å². The zero-order valence-corrected chi connectivity index (χ0v) is 10.3. The minimum absolute atomic E-state index is 0.687. The summed E-state index contributed by atoms with van der Waals surface area (Å²) in [6, 6.07) is 6.40. The van der Waals surface area contributed by atoms with Crippen LogP contribution in [0.4, 0.5) is 0 Å². The van der Waals surface area contributed by atoms with Gasteiger partial charge in [0.25, 0.3) is 0 Å². The van der Waals surface area contributed by atoms with Gasteiger partial charge in [-0.25, -0.2) is 0 Å². The van der Waals surface area contributed by atoms with Crippen LogP contribution in [0.5, 0.6) is 5.75 Å². The highest BCUT2D eigenvalue weighted by Crippen LogP contribution is 2.20. The molecule has 0 atom stereocenters. The van der Waals surface area contributed by atoms with Gasteiger partial charge in [0.15, 0.2) is 0 Å². The number of rotatable bonds is 7. The maximum absolute atomic E-state index is 5.42. The monoisotopic (exact) mass is 222 g/mol. The quantitative estimate of drug-likeness (QED) is 0.685. The van der Waals surface area contributed by atoms with E-state index in [4.69, 9.17) is 10.5 Å². The van der Waals surface area contributed by atoms with E-state index in [1.165, 1.54) is 11.1 Å². The van der Waals surface area contributed by atoms with Crippen LogP contribution in [0.3, 0.4) is 0 Å². The first kappa shape index (κ1) is 13.0. The van der Waals surface area contributed by atoms with Crippen molar-refractivity contribution in [2.75, 3.05) is 26.7 Å². The molecule has 0 spiro atoms. The molecule has 0 radical (unpaired) electrons. The lowest BCUT2D eigenvalue weighted by Gasteiger charge is -2.10. The molecule has 3 heteroatoms. The molecule has 0 saturated carbocycles. The van der Waals surface area contributed by atoms with Crippen LogP contribution in [-0.4, -0.2) is 26.7 Å². The second-order valence-electron chi connectivity index (χ2n) is 3.79. The summed E-state index contributed by atoms with van der Waals surface area (Å²) in [6.45, 7) is 4.67. The highest BCUT2D eigenvalue weighted by molar-refractivity contribution is 5.37. The molecule has 0 amide bonds. The van der Waals surface area contributed by atoms with E-state index in [9.17, 15) is 0 Å². The lowest BCUT2D eigenvalue weighted by Crippen LogP contribution is -2.24. The molecule has 1 aromatic carbocycles. The number of methoxy groups -OCH3 is 1. The normalized spacial score (nSPS) is 10.4. The summed E-state index contributed by atoms with van der Waals surface area (Å²) >= 11 is 0. The Morgan fingerprint density at radius 1 is 1.31 bits per heavy atom. The Hall–Kier alpha value is -1.06. The number of aryl methyl sites for hydroxylation is 1. The van der Waals surface area contributed by atoms with Gasteiger partial charge in [0, 0.05) is 13.1 Å². The van der Waals surface area contributed by atoms with Crippen molar-refractivity contribution in [3.8, 4) is 5.75 Å². The average Bonchev–Trinajstić information content (AvgIpc) is 2.34. The molecule has 0 fully saturated rings. The fourth-order valence-electron chi connectivity index (χ4n) is 1.70. The number of benzene rings is 1. The summed E-state index contributed by atoms with van der Waals surface area (Å²) in [7, 11) is 1.72. The molecule has 0 heterocycles. The Labute approximate surface area is 98.0 Å². The molecular formula is C13H22N2O. The van der Waals surface area contributed by atoms with Crippen molar-refractivity contribution < 1.29 is 4.74 Å². The Kier molecular flexibility index (Phi) is 5.90. The number of hydrogen-bond acceptors (Lipinski definition) is 3. The van der Waals surface area contributed by atoms with Crippen molar-refractivity contribution in [1.82, 2.24) is 5.32 Å². The van der Waals surface area contributed by atoms with E-state index in [-0.39, 0.29) is 0 Å². The Morgan fingerprint density at radius 3 is 2.75 bits per heavy atom. The molecule has 3 N–H and O–H groups in total. The minimum atomic E-state index is 0.687. The Balaban J connectivity index is 2.60. The summed E-state index contributed by atoms with van der Waals surface area (Å²) in [6.07, 6.45) is 2.05. The smallest absolute Gasteiger partial charge is 0.122 e. The first-order valence-electron chi connectivity index (χ1n) is 5.88. The zero-order valence-electron chi connectivity index (χ0n) is 10.3. The second-order valence-corrected chi connectivity index (χ2v) is 3.79. The van der Waals surface area contributed by atoms with Crippen LogP contribution >= 0.6 is 0 Å². The third-order valence-electron chi connectivity index (χ3n) is 2.65. The van der Waals surface area contributed by atoms with Gasteiger partial charge in [-0.15, -0.1) is 0 Å². The molecule has 0 aromatic heterocycles. The van der Waals surface area contributed by atoms with Gasteiger partial charge in [0.05, 0.1) is 7.11 Å². The number of ether oxygens (including phenoxy) is 1.